The van der Waals surface area contributed by atoms with Gasteiger partial charge in [0.2, 0.25) is 5.91 Å². The number of likely N-dealkylation sites (tertiary alicyclic amines) is 1. The zero-order valence-electron chi connectivity index (χ0n) is 31.6. The van der Waals surface area contributed by atoms with Crippen molar-refractivity contribution in [2.75, 3.05) is 32.8 Å². The Morgan fingerprint density at radius 1 is 0.765 bits per heavy atom. The molecule has 51 heavy (non-hydrogen) atoms. The molecule has 8 heteroatoms. The number of ether oxygens (including phenoxy) is 4. The van der Waals surface area contributed by atoms with Gasteiger partial charge in [0.25, 0.3) is 0 Å². The quantitative estimate of drug-likeness (QED) is 0.125. The van der Waals surface area contributed by atoms with E-state index in [1.54, 1.807) is 0 Å². The minimum atomic E-state index is -0.509. The van der Waals surface area contributed by atoms with E-state index in [-0.39, 0.29) is 30.6 Å². The number of benzene rings is 2. The Morgan fingerprint density at radius 3 is 1.90 bits per heavy atom. The van der Waals surface area contributed by atoms with Gasteiger partial charge in [-0.25, -0.2) is 0 Å². The van der Waals surface area contributed by atoms with E-state index in [0.29, 0.717) is 26.2 Å². The maximum absolute atomic E-state index is 12.6. The van der Waals surface area contributed by atoms with Gasteiger partial charge in [-0.15, -0.1) is 0 Å². The van der Waals surface area contributed by atoms with Gasteiger partial charge in [0.15, 0.2) is 12.1 Å². The molecule has 0 bridgehead atoms. The van der Waals surface area contributed by atoms with Crippen LogP contribution >= 0.6 is 0 Å². The van der Waals surface area contributed by atoms with Crippen molar-refractivity contribution in [3.05, 3.63) is 70.8 Å². The molecule has 3 aliphatic heterocycles. The molecular weight excluding hydrogens is 640 g/mol. The van der Waals surface area contributed by atoms with Crippen molar-refractivity contribution in [3.8, 4) is 0 Å². The van der Waals surface area contributed by atoms with Gasteiger partial charge in [0.05, 0.1) is 32.0 Å². The Hall–Kier alpha value is -2.33. The van der Waals surface area contributed by atoms with Crippen molar-refractivity contribution in [2.45, 2.75) is 154 Å². The molecule has 0 aliphatic carbocycles. The largest absolute Gasteiger partial charge is 0.392 e. The number of carbonyl (C=O) groups is 1. The highest BCUT2D eigenvalue weighted by atomic mass is 16.7. The lowest BCUT2D eigenvalue weighted by Gasteiger charge is -2.44. The molecule has 3 fully saturated rings. The molecule has 284 valence electrons. The van der Waals surface area contributed by atoms with Gasteiger partial charge in [-0.1, -0.05) is 139 Å². The van der Waals surface area contributed by atoms with Gasteiger partial charge in [0, 0.05) is 56.9 Å². The van der Waals surface area contributed by atoms with E-state index in [9.17, 15) is 9.90 Å². The van der Waals surface area contributed by atoms with Crippen LogP contribution in [0.2, 0.25) is 0 Å². The smallest absolute Gasteiger partial charge is 0.220 e. The fourth-order valence-electron chi connectivity index (χ4n) is 7.83. The molecule has 2 aromatic carbocycles. The second-order valence-corrected chi connectivity index (χ2v) is 15.2. The summed E-state index contributed by atoms with van der Waals surface area (Å²) in [6, 6.07) is 16.3. The number of nitrogens with one attached hydrogen (secondary N) is 1. The number of hydrogen-bond donors (Lipinski definition) is 2. The minimum Gasteiger partial charge on any atom is -0.392 e. The summed E-state index contributed by atoms with van der Waals surface area (Å²) in [5.74, 6) is -0.144. The summed E-state index contributed by atoms with van der Waals surface area (Å²) in [5.41, 5.74) is 4.01. The molecule has 4 unspecified atom stereocenters. The zero-order valence-corrected chi connectivity index (χ0v) is 31.6. The predicted octanol–water partition coefficient (Wildman–Crippen LogP) is 8.91. The molecule has 0 radical (unpaired) electrons. The number of carbonyl (C=O) groups excluding carboxylic acids is 1. The van der Waals surface area contributed by atoms with Gasteiger partial charge in [-0.2, -0.15) is 0 Å². The highest BCUT2D eigenvalue weighted by molar-refractivity contribution is 5.75. The summed E-state index contributed by atoms with van der Waals surface area (Å²) in [6.07, 6.45) is 18.6. The summed E-state index contributed by atoms with van der Waals surface area (Å²) in [5, 5.41) is 12.7. The van der Waals surface area contributed by atoms with Crippen LogP contribution in [0.25, 0.3) is 0 Å². The molecule has 0 saturated carbocycles. The molecule has 3 saturated heterocycles. The molecule has 5 rings (SSSR count). The topological polar surface area (TPSA) is 89.5 Å². The third-order valence-electron chi connectivity index (χ3n) is 11.2. The van der Waals surface area contributed by atoms with E-state index in [1.807, 2.05) is 12.1 Å². The van der Waals surface area contributed by atoms with E-state index >= 15 is 0 Å². The monoisotopic (exact) mass is 706 g/mol. The Balaban J connectivity index is 1.05. The van der Waals surface area contributed by atoms with Crippen molar-refractivity contribution < 1.29 is 28.8 Å². The minimum absolute atomic E-state index is 0.0197. The number of unbranched alkanes of at least 4 members (excludes halogenated alkanes) is 12. The van der Waals surface area contributed by atoms with E-state index in [0.717, 1.165) is 67.6 Å². The molecule has 2 N–H and O–H groups in total. The van der Waals surface area contributed by atoms with Crippen molar-refractivity contribution >= 4 is 5.91 Å². The van der Waals surface area contributed by atoms with E-state index in [2.05, 4.69) is 60.5 Å². The molecule has 3 aliphatic rings. The van der Waals surface area contributed by atoms with Crippen LogP contribution in [0.4, 0.5) is 0 Å². The maximum Gasteiger partial charge on any atom is 0.220 e. The lowest BCUT2D eigenvalue weighted by Crippen LogP contribution is -2.50. The average molecular weight is 707 g/mol. The van der Waals surface area contributed by atoms with Crippen LogP contribution in [0, 0.1) is 5.92 Å². The van der Waals surface area contributed by atoms with Crippen LogP contribution in [0.5, 0.6) is 0 Å². The number of aliphatic hydroxyl groups excluding tert-OH is 1. The Bertz CT molecular complexity index is 1250. The normalized spacial score (nSPS) is 23.5. The van der Waals surface area contributed by atoms with Crippen LogP contribution < -0.4 is 5.32 Å². The second-order valence-electron chi connectivity index (χ2n) is 15.2. The van der Waals surface area contributed by atoms with Crippen LogP contribution in [0.15, 0.2) is 48.5 Å². The Morgan fingerprint density at radius 2 is 1.31 bits per heavy atom. The maximum atomic E-state index is 12.6. The average Bonchev–Trinajstić information content (AvgIpc) is 3.62. The number of hydrogen-bond acceptors (Lipinski definition) is 7. The van der Waals surface area contributed by atoms with Crippen LogP contribution in [-0.2, 0) is 36.9 Å². The van der Waals surface area contributed by atoms with Gasteiger partial charge in [-0.05, 0) is 23.1 Å². The Labute approximate surface area is 308 Å². The molecule has 4 atom stereocenters. The molecular formula is C43H66N2O6. The first-order valence-corrected chi connectivity index (χ1v) is 20.3. The number of aliphatic hydroxyl groups is 1. The van der Waals surface area contributed by atoms with Crippen molar-refractivity contribution in [1.82, 2.24) is 10.2 Å². The molecule has 1 spiro atoms. The number of amides is 1. The van der Waals surface area contributed by atoms with Gasteiger partial charge < -0.3 is 34.3 Å². The van der Waals surface area contributed by atoms with E-state index in [1.165, 1.54) is 70.6 Å². The fourth-order valence-corrected chi connectivity index (χ4v) is 7.83. The Kier molecular flexibility index (Phi) is 16.7. The first-order valence-electron chi connectivity index (χ1n) is 20.3. The number of rotatable bonds is 21. The van der Waals surface area contributed by atoms with Crippen LogP contribution in [0.1, 0.15) is 151 Å². The van der Waals surface area contributed by atoms with Gasteiger partial charge >= 0.3 is 0 Å². The lowest BCUT2D eigenvalue weighted by molar-refractivity contribution is -0.278. The van der Waals surface area contributed by atoms with E-state index < -0.39 is 12.1 Å². The first kappa shape index (κ1) is 39.9. The van der Waals surface area contributed by atoms with Crippen molar-refractivity contribution in [2.24, 2.45) is 5.92 Å². The van der Waals surface area contributed by atoms with Gasteiger partial charge in [0.1, 0.15) is 0 Å². The van der Waals surface area contributed by atoms with Crippen LogP contribution in [-0.4, -0.2) is 60.7 Å². The summed E-state index contributed by atoms with van der Waals surface area (Å²) >= 11 is 0. The lowest BCUT2D eigenvalue weighted by atomic mass is 9.89. The first-order chi connectivity index (χ1) is 25.0. The van der Waals surface area contributed by atoms with Crippen molar-refractivity contribution in [3.63, 3.8) is 0 Å². The van der Waals surface area contributed by atoms with E-state index in [4.69, 9.17) is 18.9 Å². The van der Waals surface area contributed by atoms with Gasteiger partial charge in [-0.3, -0.25) is 4.79 Å². The van der Waals surface area contributed by atoms with Crippen LogP contribution in [0.3, 0.4) is 0 Å². The highest BCUT2D eigenvalue weighted by Gasteiger charge is 2.43. The SMILES string of the molecule is CCCCCCCCCCCCCCCC(=O)NCc1ccc(C2OC(CN3CCC4(CC3)OCCO4)C(C)C(c3ccc(CO)cc3)O2)cc1. The predicted molar refractivity (Wildman–Crippen MR) is 202 cm³/mol. The second kappa shape index (κ2) is 21.4. The molecule has 1 amide bonds. The third-order valence-corrected chi connectivity index (χ3v) is 11.2. The third kappa shape index (κ3) is 12.6. The number of piperidine rings is 1. The molecule has 3 heterocycles. The summed E-state index contributed by atoms with van der Waals surface area (Å²) < 4.78 is 25.3. The summed E-state index contributed by atoms with van der Waals surface area (Å²) in [6.45, 7) is 9.03. The molecule has 0 aromatic heterocycles. The summed E-state index contributed by atoms with van der Waals surface area (Å²) in [4.78, 5) is 15.0. The van der Waals surface area contributed by atoms with Crippen molar-refractivity contribution in [1.29, 1.82) is 0 Å². The zero-order chi connectivity index (χ0) is 35.7. The standard InChI is InChI=1S/C43H66N2O6/c1-3-4-5-6-7-8-9-10-11-12-13-14-15-16-40(47)44-31-35-17-23-38(24-18-35)42-50-39(32-45-27-25-43(26-28-45)48-29-30-49-43)34(2)41(51-42)37-21-19-36(33-46)20-22-37/h17-24,34,39,41-42,46H,3-16,25-33H2,1-2H3,(H,44,47). The summed E-state index contributed by atoms with van der Waals surface area (Å²) in [7, 11) is 0. The molecule has 8 nitrogen and oxygen atoms in total. The highest BCUT2D eigenvalue weighted by Crippen LogP contribution is 2.42. The number of nitrogens with zero attached hydrogens (tertiary/aromatic N) is 1. The molecule has 2 aromatic rings. The fraction of sp³-hybridized carbons (Fsp3) is 0.698.